The lowest BCUT2D eigenvalue weighted by Crippen LogP contribution is -2.92. The van der Waals surface area contributed by atoms with Gasteiger partial charge in [0.1, 0.15) is 5.75 Å². The van der Waals surface area contributed by atoms with E-state index in [4.69, 9.17) is 9.47 Å². The molecule has 1 saturated heterocycles. The summed E-state index contributed by atoms with van der Waals surface area (Å²) in [6, 6.07) is 16.4. The lowest BCUT2D eigenvalue weighted by Gasteiger charge is -2.18. The number of carbonyl (C=O) groups excluding carboxylic acids is 1. The molecule has 1 aliphatic heterocycles. The molecule has 5 nitrogen and oxygen atoms in total. The van der Waals surface area contributed by atoms with Gasteiger partial charge >= 0.3 is 5.97 Å². The van der Waals surface area contributed by atoms with Crippen LogP contribution in [0.15, 0.2) is 54.7 Å². The van der Waals surface area contributed by atoms with E-state index in [1.807, 2.05) is 18.2 Å². The Morgan fingerprint density at radius 1 is 1.23 bits per heavy atom. The van der Waals surface area contributed by atoms with Gasteiger partial charge in [-0.05, 0) is 29.3 Å². The molecule has 134 valence electrons. The Morgan fingerprint density at radius 2 is 2.04 bits per heavy atom. The van der Waals surface area contributed by atoms with Crippen LogP contribution in [-0.2, 0) is 9.53 Å². The molecule has 2 aromatic carbocycles. The van der Waals surface area contributed by atoms with Crippen molar-refractivity contribution in [2.24, 2.45) is 0 Å². The highest BCUT2D eigenvalue weighted by atomic mass is 16.5. The molecule has 26 heavy (non-hydrogen) atoms. The van der Waals surface area contributed by atoms with E-state index in [-0.39, 0.29) is 17.9 Å². The highest BCUT2D eigenvalue weighted by Crippen LogP contribution is 2.30. The van der Waals surface area contributed by atoms with Crippen LogP contribution in [0.2, 0.25) is 0 Å². The van der Waals surface area contributed by atoms with Gasteiger partial charge in [-0.25, -0.2) is 4.79 Å². The SMILES string of the molecule is COc1ccc([C@H](C[NH2+][C@@H]2CCOC2=O)c2c[nH]c3ccccc23)cc1. The monoisotopic (exact) mass is 351 g/mol. The molecule has 3 aromatic rings. The molecule has 0 bridgehead atoms. The number of para-hydroxylation sites is 1. The molecule has 1 aliphatic rings. The largest absolute Gasteiger partial charge is 0.497 e. The van der Waals surface area contributed by atoms with Crippen LogP contribution >= 0.6 is 0 Å². The first kappa shape index (κ1) is 16.7. The van der Waals surface area contributed by atoms with Crippen LogP contribution in [0.4, 0.5) is 0 Å². The summed E-state index contributed by atoms with van der Waals surface area (Å²) in [6.07, 6.45) is 2.86. The molecule has 0 amide bonds. The summed E-state index contributed by atoms with van der Waals surface area (Å²) >= 11 is 0. The second-order valence-corrected chi connectivity index (χ2v) is 6.65. The molecule has 2 atom stereocenters. The zero-order chi connectivity index (χ0) is 17.9. The summed E-state index contributed by atoms with van der Waals surface area (Å²) < 4.78 is 10.4. The number of H-pyrrole nitrogens is 1. The summed E-state index contributed by atoms with van der Waals surface area (Å²) in [6.45, 7) is 1.31. The van der Waals surface area contributed by atoms with E-state index in [2.05, 4.69) is 46.8 Å². The summed E-state index contributed by atoms with van der Waals surface area (Å²) in [5.41, 5.74) is 3.58. The topological polar surface area (TPSA) is 67.9 Å². The second kappa shape index (κ2) is 7.22. The van der Waals surface area contributed by atoms with Crippen molar-refractivity contribution in [1.29, 1.82) is 0 Å². The minimum absolute atomic E-state index is 0.0963. The van der Waals surface area contributed by atoms with Gasteiger partial charge in [-0.2, -0.15) is 0 Å². The number of hydrogen-bond acceptors (Lipinski definition) is 3. The van der Waals surface area contributed by atoms with E-state index in [0.29, 0.717) is 6.61 Å². The van der Waals surface area contributed by atoms with E-state index >= 15 is 0 Å². The van der Waals surface area contributed by atoms with Crippen molar-refractivity contribution >= 4 is 16.9 Å². The van der Waals surface area contributed by atoms with Gasteiger partial charge in [0.05, 0.1) is 26.2 Å². The van der Waals surface area contributed by atoms with Crippen molar-refractivity contribution in [3.63, 3.8) is 0 Å². The fraction of sp³-hybridized carbons (Fsp3) is 0.286. The average molecular weight is 351 g/mol. The Kier molecular flexibility index (Phi) is 4.63. The number of aromatic nitrogens is 1. The Labute approximate surface area is 152 Å². The highest BCUT2D eigenvalue weighted by Gasteiger charge is 2.31. The molecule has 3 N–H and O–H groups in total. The maximum atomic E-state index is 11.8. The molecule has 0 saturated carbocycles. The van der Waals surface area contributed by atoms with E-state index < -0.39 is 0 Å². The predicted octanol–water partition coefficient (Wildman–Crippen LogP) is 2.19. The van der Waals surface area contributed by atoms with Gasteiger partial charge in [-0.15, -0.1) is 0 Å². The smallest absolute Gasteiger partial charge is 0.364 e. The Morgan fingerprint density at radius 3 is 2.77 bits per heavy atom. The average Bonchev–Trinajstić information content (AvgIpc) is 3.29. The van der Waals surface area contributed by atoms with Crippen molar-refractivity contribution in [3.05, 3.63) is 65.9 Å². The van der Waals surface area contributed by atoms with Crippen LogP contribution in [-0.4, -0.2) is 37.3 Å². The van der Waals surface area contributed by atoms with Crippen molar-refractivity contribution in [2.75, 3.05) is 20.3 Å². The molecule has 5 heteroatoms. The zero-order valence-electron chi connectivity index (χ0n) is 14.8. The standard InChI is InChI=1S/C21H22N2O3/c1-25-15-8-6-14(7-9-15)17(12-23-20-10-11-26-21(20)24)18-13-22-19-5-3-2-4-16(18)19/h2-9,13,17,20,22-23H,10-12H2,1H3/p+1/t17-,20+/m0/s1. The highest BCUT2D eigenvalue weighted by molar-refractivity contribution is 5.84. The number of fused-ring (bicyclic) bond motifs is 1. The lowest BCUT2D eigenvalue weighted by atomic mass is 9.90. The maximum Gasteiger partial charge on any atom is 0.364 e. The summed E-state index contributed by atoms with van der Waals surface area (Å²) in [5, 5.41) is 3.34. The first-order valence-corrected chi connectivity index (χ1v) is 8.96. The minimum atomic E-state index is -0.0996. The molecule has 0 spiro atoms. The first-order valence-electron chi connectivity index (χ1n) is 8.96. The number of carbonyl (C=O) groups is 1. The van der Waals surface area contributed by atoms with Gasteiger partial charge in [-0.3, -0.25) is 0 Å². The normalized spacial score (nSPS) is 18.0. The Hall–Kier alpha value is -2.79. The van der Waals surface area contributed by atoms with E-state index in [9.17, 15) is 4.79 Å². The number of aromatic amines is 1. The zero-order valence-corrected chi connectivity index (χ0v) is 14.8. The fourth-order valence-corrected chi connectivity index (χ4v) is 3.69. The summed E-state index contributed by atoms with van der Waals surface area (Å²) in [7, 11) is 1.67. The van der Waals surface area contributed by atoms with Crippen LogP contribution in [0.25, 0.3) is 10.9 Å². The van der Waals surface area contributed by atoms with Gasteiger partial charge in [0.2, 0.25) is 0 Å². The third-order valence-corrected chi connectivity index (χ3v) is 5.15. The molecular formula is C21H23N2O3+. The Balaban J connectivity index is 1.67. The molecule has 4 rings (SSSR count). The minimum Gasteiger partial charge on any atom is -0.497 e. The van der Waals surface area contributed by atoms with Crippen molar-refractivity contribution in [3.8, 4) is 5.75 Å². The van der Waals surface area contributed by atoms with E-state index in [1.54, 1.807) is 7.11 Å². The van der Waals surface area contributed by atoms with Gasteiger partial charge in [0.25, 0.3) is 0 Å². The van der Waals surface area contributed by atoms with Crippen LogP contribution in [0.1, 0.15) is 23.5 Å². The second-order valence-electron chi connectivity index (χ2n) is 6.65. The fourth-order valence-electron chi connectivity index (χ4n) is 3.69. The molecule has 0 unspecified atom stereocenters. The predicted molar refractivity (Wildman–Crippen MR) is 99.3 cm³/mol. The number of benzene rings is 2. The van der Waals surface area contributed by atoms with E-state index in [0.717, 1.165) is 24.2 Å². The number of nitrogens with two attached hydrogens (primary N) is 1. The third-order valence-electron chi connectivity index (χ3n) is 5.15. The molecule has 0 aliphatic carbocycles. The van der Waals surface area contributed by atoms with Crippen molar-refractivity contribution in [1.82, 2.24) is 4.98 Å². The van der Waals surface area contributed by atoms with Gasteiger partial charge in [0, 0.05) is 23.5 Å². The van der Waals surface area contributed by atoms with Gasteiger partial charge in [-0.1, -0.05) is 30.3 Å². The van der Waals surface area contributed by atoms with E-state index in [1.165, 1.54) is 16.5 Å². The molecule has 1 fully saturated rings. The number of ether oxygens (including phenoxy) is 2. The van der Waals surface area contributed by atoms with Gasteiger partial charge in [0.15, 0.2) is 6.04 Å². The summed E-state index contributed by atoms with van der Waals surface area (Å²) in [5.74, 6) is 0.914. The third kappa shape index (κ3) is 3.18. The van der Waals surface area contributed by atoms with Crippen molar-refractivity contribution in [2.45, 2.75) is 18.4 Å². The van der Waals surface area contributed by atoms with Crippen LogP contribution in [0.3, 0.4) is 0 Å². The Bertz CT molecular complexity index is 901. The molecule has 1 aromatic heterocycles. The quantitative estimate of drug-likeness (QED) is 0.669. The first-order chi connectivity index (χ1) is 12.8. The number of esters is 1. The van der Waals surface area contributed by atoms with Crippen LogP contribution in [0.5, 0.6) is 5.75 Å². The summed E-state index contributed by atoms with van der Waals surface area (Å²) in [4.78, 5) is 15.2. The van der Waals surface area contributed by atoms with Crippen molar-refractivity contribution < 1.29 is 19.6 Å². The number of quaternary nitrogens is 1. The molecule has 0 radical (unpaired) electrons. The van der Waals surface area contributed by atoms with Crippen LogP contribution in [0, 0.1) is 0 Å². The molecular weight excluding hydrogens is 328 g/mol. The number of methoxy groups -OCH3 is 1. The molecule has 2 heterocycles. The number of nitrogens with one attached hydrogen (secondary N) is 1. The number of cyclic esters (lactones) is 1. The lowest BCUT2D eigenvalue weighted by molar-refractivity contribution is -0.677. The van der Waals surface area contributed by atoms with Crippen LogP contribution < -0.4 is 10.1 Å². The number of hydrogen-bond donors (Lipinski definition) is 2. The number of rotatable bonds is 6. The maximum absolute atomic E-state index is 11.8. The van der Waals surface area contributed by atoms with Gasteiger partial charge < -0.3 is 19.8 Å².